The van der Waals surface area contributed by atoms with Gasteiger partial charge in [-0.3, -0.25) is 19.8 Å². The molecule has 0 saturated carbocycles. The Morgan fingerprint density at radius 1 is 0.654 bits per heavy atom. The van der Waals surface area contributed by atoms with Gasteiger partial charge < -0.3 is 28.7 Å². The summed E-state index contributed by atoms with van der Waals surface area (Å²) in [5.41, 5.74) is 2.76. The fraction of sp³-hybridized carbons (Fsp3) is 0.541. The second-order valence-corrected chi connectivity index (χ2v) is 9.96. The molecule has 4 radical (unpaired) electrons. The molecular weight excluding hydrogens is 1060 g/mol. The molecule has 4 heterocycles. The Kier molecular flexibility index (Phi) is 55.5. The van der Waals surface area contributed by atoms with E-state index in [1.165, 1.54) is 0 Å². The number of hydrogen-bond acceptors (Lipinski definition) is 5. The number of piperidine rings is 2. The topological polar surface area (TPSA) is 142 Å². The van der Waals surface area contributed by atoms with Crippen LogP contribution in [0.5, 0.6) is 0 Å². The number of H-pyrrole nitrogens is 2. The van der Waals surface area contributed by atoms with Gasteiger partial charge in [-0.05, 0) is 49.9 Å². The van der Waals surface area contributed by atoms with Crippen molar-refractivity contribution in [1.82, 2.24) is 36.3 Å². The zero-order valence-electron chi connectivity index (χ0n) is 34.1. The van der Waals surface area contributed by atoms with E-state index in [0.717, 1.165) is 86.8 Å². The van der Waals surface area contributed by atoms with E-state index in [-0.39, 0.29) is 225 Å². The van der Waals surface area contributed by atoms with Gasteiger partial charge in [-0.15, -0.1) is 37.1 Å². The van der Waals surface area contributed by atoms with Crippen molar-refractivity contribution in [1.29, 1.82) is 0 Å². The molecule has 0 atom stereocenters. The van der Waals surface area contributed by atoms with Crippen LogP contribution in [-0.2, 0) is 65.4 Å². The average Bonchev–Trinajstić information content (AvgIpc) is 3.79. The van der Waals surface area contributed by atoms with Crippen molar-refractivity contribution in [3.8, 4) is 0 Å². The van der Waals surface area contributed by atoms with Gasteiger partial charge in [0.25, 0.3) is 11.8 Å². The molecule has 0 bridgehead atoms. The summed E-state index contributed by atoms with van der Waals surface area (Å²) in [4.78, 5) is 24.3. The summed E-state index contributed by atoms with van der Waals surface area (Å²) in [5.74, 6) is 0.943. The molecule has 2 aliphatic heterocycles. The Balaban J connectivity index is -0.000000156. The minimum absolute atomic E-state index is 0. The maximum atomic E-state index is 12.2. The molecule has 10 nitrogen and oxygen atoms in total. The number of carbonyl (C=O) groups is 2. The third-order valence-corrected chi connectivity index (χ3v) is 7.32. The third kappa shape index (κ3) is 24.0. The summed E-state index contributed by atoms with van der Waals surface area (Å²) in [6.07, 6.45) is 4.40. The van der Waals surface area contributed by atoms with Crippen LogP contribution in [0.3, 0.4) is 0 Å². The van der Waals surface area contributed by atoms with Gasteiger partial charge in [0.1, 0.15) is 0 Å². The molecule has 280 valence electrons. The summed E-state index contributed by atoms with van der Waals surface area (Å²) in [5, 5.41) is 29.4. The van der Waals surface area contributed by atoms with Crippen LogP contribution >= 0.6 is 24.0 Å². The molecule has 52 heavy (non-hydrogen) atoms. The molecule has 4 aromatic rings. The zero-order chi connectivity index (χ0) is 34.2. The van der Waals surface area contributed by atoms with Crippen LogP contribution in [0.15, 0.2) is 48.5 Å². The first kappa shape index (κ1) is 66.6. The summed E-state index contributed by atoms with van der Waals surface area (Å²) < 4.78 is 0. The summed E-state index contributed by atoms with van der Waals surface area (Å²) in [7, 11) is 0. The van der Waals surface area contributed by atoms with Crippen molar-refractivity contribution in [2.45, 2.75) is 81.1 Å². The zero-order valence-corrected chi connectivity index (χ0v) is 51.9. The minimum atomic E-state index is -0.0973. The van der Waals surface area contributed by atoms with Gasteiger partial charge in [0.05, 0.1) is 11.0 Å². The number of aromatic amines is 2. The Bertz CT molecular complexity index is 1280. The minimum Gasteiger partial charge on any atom is -0.662 e. The molecule has 6 rings (SSSR count). The van der Waals surface area contributed by atoms with Gasteiger partial charge >= 0.3 is 0 Å². The van der Waals surface area contributed by atoms with E-state index in [9.17, 15) is 9.59 Å². The van der Waals surface area contributed by atoms with Crippen molar-refractivity contribution in [2.24, 2.45) is 11.8 Å². The second kappa shape index (κ2) is 43.4. The van der Waals surface area contributed by atoms with Gasteiger partial charge in [0, 0.05) is 206 Å². The summed E-state index contributed by atoms with van der Waals surface area (Å²) in [6.45, 7) is 21.4. The molecule has 2 saturated heterocycles. The molecule has 2 aliphatic rings. The van der Waals surface area contributed by atoms with Gasteiger partial charge in [-0.2, -0.15) is 10.2 Å². The molecule has 0 spiro atoms. The van der Waals surface area contributed by atoms with E-state index >= 15 is 0 Å². The molecule has 15 heteroatoms. The van der Waals surface area contributed by atoms with Crippen LogP contribution < -0.4 is 16.0 Å². The van der Waals surface area contributed by atoms with Crippen molar-refractivity contribution in [3.05, 3.63) is 72.7 Å². The van der Waals surface area contributed by atoms with Crippen molar-refractivity contribution < 1.29 is 75.0 Å². The number of halogens is 1. The van der Waals surface area contributed by atoms with E-state index in [1.807, 2.05) is 104 Å². The quantitative estimate of drug-likeness (QED) is 0.0992. The van der Waals surface area contributed by atoms with E-state index in [2.05, 4.69) is 41.7 Å². The number of para-hydroxylation sites is 2. The van der Waals surface area contributed by atoms with E-state index in [0.29, 0.717) is 23.2 Å². The van der Waals surface area contributed by atoms with Gasteiger partial charge in [-0.25, -0.2) is 0 Å². The number of nitrogens with one attached hydrogen (secondary N) is 5. The molecule has 5 N–H and O–H groups in total. The van der Waals surface area contributed by atoms with Crippen molar-refractivity contribution in [3.63, 3.8) is 0 Å². The second-order valence-electron chi connectivity index (χ2n) is 9.96. The Morgan fingerprint density at radius 3 is 1.38 bits per heavy atom. The maximum absolute atomic E-state index is 12.2. The predicted octanol–water partition coefficient (Wildman–Crippen LogP) is 7.78. The Labute approximate surface area is 480 Å². The monoisotopic (exact) mass is 1130 g/mol. The first-order valence-electron chi connectivity index (χ1n) is 17.5. The fourth-order valence-electron chi connectivity index (χ4n) is 5.01. The predicted molar refractivity (Wildman–Crippen MR) is 227 cm³/mol. The first-order valence-corrected chi connectivity index (χ1v) is 17.5. The molecule has 0 aliphatic carbocycles. The standard InChI is InChI=1S/C14H18N4O.C14H17N4O.4C2H6.CH3.HI.2Rb.2Y/c2*19-14(16-9-10-5-7-15-8-6-10)13-11-3-1-2-4-12(11)17-18-13;4*1-2;;;;;;/h1-4,10,15H,5-9H2,(H,16,19)(H,17,18);1-4,10H,5-9H2,(H,16,19)(H,17,18);4*1-2H3;1H3;1H;;;;/q;-1;;;;;-1;;;;;. The van der Waals surface area contributed by atoms with Crippen molar-refractivity contribution >= 4 is 174 Å². The largest absolute Gasteiger partial charge is 0.662 e. The number of rotatable bonds is 6. The smallest absolute Gasteiger partial charge is 0.272 e. The van der Waals surface area contributed by atoms with E-state index in [1.54, 1.807) is 0 Å². The molecular formula is C37H63IN8O2Rb2Y2-2. The molecule has 0 unspecified atom stereocenters. The molecule has 2 aromatic heterocycles. The molecule has 2 fully saturated rings. The Morgan fingerprint density at radius 2 is 1.00 bits per heavy atom. The first-order chi connectivity index (χ1) is 22.7. The van der Waals surface area contributed by atoms with Crippen LogP contribution in [0.4, 0.5) is 0 Å². The number of benzene rings is 2. The van der Waals surface area contributed by atoms with E-state index in [4.69, 9.17) is 0 Å². The van der Waals surface area contributed by atoms with Crippen LogP contribution in [-0.4, -0.2) is 188 Å². The number of hydrogen-bond donors (Lipinski definition) is 5. The third-order valence-electron chi connectivity index (χ3n) is 7.32. The number of nitrogens with zero attached hydrogens (tertiary/aromatic N) is 3. The summed E-state index contributed by atoms with van der Waals surface area (Å²) in [6, 6.07) is 15.4. The molecule has 2 aromatic carbocycles. The van der Waals surface area contributed by atoms with Crippen LogP contribution in [0.2, 0.25) is 0 Å². The maximum Gasteiger partial charge on any atom is 0.272 e. The number of fused-ring (bicyclic) bond motifs is 2. The number of aromatic nitrogens is 4. The Hall–Kier alpha value is 2.79. The number of amides is 2. The number of carbonyl (C=O) groups excluding carboxylic acids is 2. The van der Waals surface area contributed by atoms with Gasteiger partial charge in [-0.1, -0.05) is 105 Å². The van der Waals surface area contributed by atoms with Crippen molar-refractivity contribution in [2.75, 3.05) is 39.3 Å². The average molecular weight is 1130 g/mol. The van der Waals surface area contributed by atoms with Crippen LogP contribution in [0.1, 0.15) is 102 Å². The molecule has 2 amide bonds. The van der Waals surface area contributed by atoms with Crippen LogP contribution in [0.25, 0.3) is 27.1 Å². The van der Waals surface area contributed by atoms with Gasteiger partial charge in [0.2, 0.25) is 0 Å². The SMILES string of the molecule is CC.CC.CC.CC.I.O=C(NCC1CCNCC1)c1n[nH]c2ccccc12.O=C(NCC1CC[N-]CC1)c1n[nH]c2ccccc12.[CH3-].[Rb].[Rb].[Y].[Y]. The van der Waals surface area contributed by atoms with E-state index < -0.39 is 0 Å². The fourth-order valence-corrected chi connectivity index (χ4v) is 5.01. The normalized spacial score (nSPS) is 12.6. The van der Waals surface area contributed by atoms with Gasteiger partial charge in [0.15, 0.2) is 11.4 Å². The van der Waals surface area contributed by atoms with Crippen LogP contribution in [0, 0.1) is 19.3 Å². The summed E-state index contributed by atoms with van der Waals surface area (Å²) >= 11 is 0.